The van der Waals surface area contributed by atoms with Crippen molar-refractivity contribution in [3.8, 4) is 23.6 Å². The molecule has 0 atom stereocenters. The smallest absolute Gasteiger partial charge is 0.136 e. The van der Waals surface area contributed by atoms with E-state index in [1.54, 1.807) is 0 Å². The van der Waals surface area contributed by atoms with Gasteiger partial charge in [0.05, 0.1) is 5.69 Å². The van der Waals surface area contributed by atoms with Crippen molar-refractivity contribution >= 4 is 21.9 Å². The summed E-state index contributed by atoms with van der Waals surface area (Å²) in [5.41, 5.74) is 5.49. The number of terminal acetylenes is 1. The molecule has 0 amide bonds. The van der Waals surface area contributed by atoms with E-state index in [9.17, 15) is 0 Å². The second-order valence-electron chi connectivity index (χ2n) is 5.35. The lowest BCUT2D eigenvalue weighted by Gasteiger charge is -2.05. The van der Waals surface area contributed by atoms with Gasteiger partial charge in [0.1, 0.15) is 11.2 Å². The molecule has 22 heavy (non-hydrogen) atoms. The molecule has 4 aromatic rings. The Morgan fingerprint density at radius 2 is 1.86 bits per heavy atom. The second-order valence-corrected chi connectivity index (χ2v) is 5.35. The van der Waals surface area contributed by atoms with Crippen molar-refractivity contribution in [2.45, 2.75) is 6.92 Å². The first-order valence-electron chi connectivity index (χ1n) is 7.11. The minimum absolute atomic E-state index is 0.796. The zero-order valence-corrected chi connectivity index (χ0v) is 12.1. The van der Waals surface area contributed by atoms with Gasteiger partial charge in [0.25, 0.3) is 0 Å². The Kier molecular flexibility index (Phi) is 2.74. The Bertz CT molecular complexity index is 1050. The summed E-state index contributed by atoms with van der Waals surface area (Å²) in [4.78, 5) is 4.46. The highest BCUT2D eigenvalue weighted by molar-refractivity contribution is 6.07. The van der Waals surface area contributed by atoms with E-state index in [-0.39, 0.29) is 0 Å². The highest BCUT2D eigenvalue weighted by atomic mass is 16.3. The van der Waals surface area contributed by atoms with Crippen LogP contribution in [0, 0.1) is 19.3 Å². The molecule has 0 aliphatic carbocycles. The van der Waals surface area contributed by atoms with Crippen molar-refractivity contribution in [3.63, 3.8) is 0 Å². The molecule has 0 saturated heterocycles. The molecular weight excluding hydrogens is 270 g/mol. The lowest BCUT2D eigenvalue weighted by Crippen LogP contribution is -1.88. The monoisotopic (exact) mass is 283 g/mol. The molecule has 104 valence electrons. The molecule has 0 radical (unpaired) electrons. The van der Waals surface area contributed by atoms with Crippen LogP contribution in [0.1, 0.15) is 11.1 Å². The van der Waals surface area contributed by atoms with Gasteiger partial charge >= 0.3 is 0 Å². The predicted octanol–water partition coefficient (Wildman–Crippen LogP) is 4.94. The summed E-state index contributed by atoms with van der Waals surface area (Å²) in [6.45, 7) is 2.05. The van der Waals surface area contributed by atoms with Gasteiger partial charge in [0, 0.05) is 28.1 Å². The fraction of sp³-hybridized carbons (Fsp3) is 0.0500. The van der Waals surface area contributed by atoms with Crippen molar-refractivity contribution in [3.05, 3.63) is 65.9 Å². The molecule has 2 aromatic carbocycles. The molecule has 0 N–H and O–H groups in total. The number of para-hydroxylation sites is 1. The minimum Gasteiger partial charge on any atom is -0.456 e. The summed E-state index contributed by atoms with van der Waals surface area (Å²) >= 11 is 0. The van der Waals surface area contributed by atoms with E-state index >= 15 is 0 Å². The molecule has 4 rings (SSSR count). The molecule has 0 spiro atoms. The zero-order valence-electron chi connectivity index (χ0n) is 12.1. The number of hydrogen-bond donors (Lipinski definition) is 0. The summed E-state index contributed by atoms with van der Waals surface area (Å²) < 4.78 is 5.89. The third-order valence-corrected chi connectivity index (χ3v) is 3.86. The highest BCUT2D eigenvalue weighted by Gasteiger charge is 2.12. The fourth-order valence-electron chi connectivity index (χ4n) is 2.79. The maximum Gasteiger partial charge on any atom is 0.136 e. The number of aryl methyl sites for hydroxylation is 1. The van der Waals surface area contributed by atoms with Crippen molar-refractivity contribution in [1.82, 2.24) is 4.98 Å². The Labute approximate surface area is 128 Å². The van der Waals surface area contributed by atoms with Crippen LogP contribution >= 0.6 is 0 Å². The lowest BCUT2D eigenvalue weighted by atomic mass is 10.00. The largest absolute Gasteiger partial charge is 0.456 e. The number of fused-ring (bicyclic) bond motifs is 3. The van der Waals surface area contributed by atoms with Crippen LogP contribution in [0.4, 0.5) is 0 Å². The number of benzene rings is 2. The highest BCUT2D eigenvalue weighted by Crippen LogP contribution is 2.34. The van der Waals surface area contributed by atoms with Gasteiger partial charge in [-0.05, 0) is 42.8 Å². The SMILES string of the molecule is C#Cc1cc2oc3ccccc3c2cc1-c1cc(C)ccn1. The Hall–Kier alpha value is -3.05. The number of furan rings is 1. The van der Waals surface area contributed by atoms with Crippen molar-refractivity contribution in [2.24, 2.45) is 0 Å². The summed E-state index contributed by atoms with van der Waals surface area (Å²) in [5.74, 6) is 2.75. The average Bonchev–Trinajstić information content (AvgIpc) is 2.91. The third kappa shape index (κ3) is 1.88. The van der Waals surface area contributed by atoms with Crippen LogP contribution in [0.25, 0.3) is 33.2 Å². The van der Waals surface area contributed by atoms with Crippen molar-refractivity contribution in [1.29, 1.82) is 0 Å². The van der Waals surface area contributed by atoms with Crippen LogP contribution in [-0.4, -0.2) is 4.98 Å². The van der Waals surface area contributed by atoms with Gasteiger partial charge in [-0.2, -0.15) is 0 Å². The minimum atomic E-state index is 0.796. The molecule has 2 heteroatoms. The Morgan fingerprint density at radius 3 is 2.68 bits per heavy atom. The van der Waals surface area contributed by atoms with Gasteiger partial charge < -0.3 is 4.42 Å². The van der Waals surface area contributed by atoms with Gasteiger partial charge in [-0.15, -0.1) is 6.42 Å². The van der Waals surface area contributed by atoms with Gasteiger partial charge in [0.2, 0.25) is 0 Å². The molecule has 0 aliphatic heterocycles. The molecule has 2 nitrogen and oxygen atoms in total. The van der Waals surface area contributed by atoms with Crippen LogP contribution in [-0.2, 0) is 0 Å². The van der Waals surface area contributed by atoms with Gasteiger partial charge in [-0.1, -0.05) is 24.1 Å². The molecular formula is C20H13NO. The maximum absolute atomic E-state index is 5.89. The summed E-state index contributed by atoms with van der Waals surface area (Å²) in [5, 5.41) is 2.16. The predicted molar refractivity (Wildman–Crippen MR) is 89.6 cm³/mol. The fourth-order valence-corrected chi connectivity index (χ4v) is 2.79. The first-order valence-corrected chi connectivity index (χ1v) is 7.11. The standard InChI is InChI=1S/C20H13NO/c1-3-14-11-20-17(15-6-4-5-7-19(15)22-20)12-16(14)18-10-13(2)8-9-21-18/h1,4-12H,2H3. The van der Waals surface area contributed by atoms with Crippen LogP contribution in [0.3, 0.4) is 0 Å². The van der Waals surface area contributed by atoms with Gasteiger partial charge in [-0.25, -0.2) is 0 Å². The normalized spacial score (nSPS) is 10.9. The van der Waals surface area contributed by atoms with Gasteiger partial charge in [0.15, 0.2) is 0 Å². The van der Waals surface area contributed by atoms with E-state index in [0.717, 1.165) is 44.3 Å². The van der Waals surface area contributed by atoms with E-state index < -0.39 is 0 Å². The van der Waals surface area contributed by atoms with E-state index in [4.69, 9.17) is 10.8 Å². The molecule has 0 bridgehead atoms. The number of aromatic nitrogens is 1. The van der Waals surface area contributed by atoms with Crippen molar-refractivity contribution < 1.29 is 4.42 Å². The molecule has 0 fully saturated rings. The first kappa shape index (κ1) is 12.7. The summed E-state index contributed by atoms with van der Waals surface area (Å²) in [6, 6.07) is 16.0. The molecule has 0 aliphatic rings. The van der Waals surface area contributed by atoms with Gasteiger partial charge in [-0.3, -0.25) is 4.98 Å². The second kappa shape index (κ2) is 4.75. The first-order chi connectivity index (χ1) is 10.8. The average molecular weight is 283 g/mol. The summed E-state index contributed by atoms with van der Waals surface area (Å²) in [7, 11) is 0. The number of rotatable bonds is 1. The summed E-state index contributed by atoms with van der Waals surface area (Å²) in [6.07, 6.45) is 7.50. The third-order valence-electron chi connectivity index (χ3n) is 3.86. The van der Waals surface area contributed by atoms with Crippen LogP contribution in [0.5, 0.6) is 0 Å². The maximum atomic E-state index is 5.89. The van der Waals surface area contributed by atoms with E-state index in [0.29, 0.717) is 0 Å². The Morgan fingerprint density at radius 1 is 1.00 bits per heavy atom. The molecule has 2 aromatic heterocycles. The van der Waals surface area contributed by atoms with Crippen molar-refractivity contribution in [2.75, 3.05) is 0 Å². The van der Waals surface area contributed by atoms with Crippen LogP contribution in [0.2, 0.25) is 0 Å². The molecule has 0 unspecified atom stereocenters. The van der Waals surface area contributed by atoms with Crippen LogP contribution < -0.4 is 0 Å². The van der Waals surface area contributed by atoms with E-state index in [1.165, 1.54) is 0 Å². The molecule has 0 saturated carbocycles. The molecule has 2 heterocycles. The number of hydrogen-bond acceptors (Lipinski definition) is 2. The van der Waals surface area contributed by atoms with E-state index in [2.05, 4.69) is 23.0 Å². The lowest BCUT2D eigenvalue weighted by molar-refractivity contribution is 0.669. The number of pyridine rings is 1. The zero-order chi connectivity index (χ0) is 15.1. The topological polar surface area (TPSA) is 26.0 Å². The van der Waals surface area contributed by atoms with Crippen LogP contribution in [0.15, 0.2) is 59.1 Å². The quantitative estimate of drug-likeness (QED) is 0.462. The Balaban J connectivity index is 2.09. The van der Waals surface area contributed by atoms with E-state index in [1.807, 2.05) is 49.5 Å². The number of nitrogens with zero attached hydrogens (tertiary/aromatic N) is 1.